The van der Waals surface area contributed by atoms with Gasteiger partial charge in [0.2, 0.25) is 5.91 Å². The molecule has 0 spiro atoms. The van der Waals surface area contributed by atoms with Crippen molar-refractivity contribution in [3.8, 4) is 0 Å². The van der Waals surface area contributed by atoms with Gasteiger partial charge in [0, 0.05) is 24.4 Å². The average molecular weight is 322 g/mol. The molecular formula is C14H16BrN3O. The van der Waals surface area contributed by atoms with Crippen molar-refractivity contribution in [1.29, 1.82) is 0 Å². The third kappa shape index (κ3) is 3.44. The highest BCUT2D eigenvalue weighted by atomic mass is 79.9. The van der Waals surface area contributed by atoms with Crippen LogP contribution in [0.15, 0.2) is 35.3 Å². The van der Waals surface area contributed by atoms with Gasteiger partial charge in [0.15, 0.2) is 0 Å². The van der Waals surface area contributed by atoms with E-state index in [9.17, 15) is 4.79 Å². The molecule has 1 aromatic heterocycles. The summed E-state index contributed by atoms with van der Waals surface area (Å²) in [5.41, 5.74) is 2.05. The number of nitrogens with zero attached hydrogens (tertiary/aromatic N) is 2. The molecule has 1 amide bonds. The van der Waals surface area contributed by atoms with E-state index in [4.69, 9.17) is 0 Å². The predicted octanol–water partition coefficient (Wildman–Crippen LogP) is 2.62. The number of nitrogens with one attached hydrogen (secondary N) is 1. The van der Waals surface area contributed by atoms with Crippen molar-refractivity contribution in [2.24, 2.45) is 0 Å². The highest BCUT2D eigenvalue weighted by Gasteiger charge is 2.10. The van der Waals surface area contributed by atoms with Crippen molar-refractivity contribution < 1.29 is 4.79 Å². The molecule has 1 N–H and O–H groups in total. The summed E-state index contributed by atoms with van der Waals surface area (Å²) in [5, 5.41) is 2.79. The second-order valence-electron chi connectivity index (χ2n) is 4.35. The van der Waals surface area contributed by atoms with Gasteiger partial charge >= 0.3 is 0 Å². The summed E-state index contributed by atoms with van der Waals surface area (Å²) < 4.78 is 3.02. The van der Waals surface area contributed by atoms with Gasteiger partial charge in [0.1, 0.15) is 5.82 Å². The van der Waals surface area contributed by atoms with E-state index in [0.717, 1.165) is 21.3 Å². The molecule has 0 bridgehead atoms. The van der Waals surface area contributed by atoms with E-state index in [-0.39, 0.29) is 5.91 Å². The maximum Gasteiger partial charge on any atom is 0.216 e. The minimum Gasteiger partial charge on any atom is -0.356 e. The van der Waals surface area contributed by atoms with Crippen LogP contribution in [0, 0.1) is 0 Å². The summed E-state index contributed by atoms with van der Waals surface area (Å²) in [6.45, 7) is 6.67. The third-order valence-corrected chi connectivity index (χ3v) is 3.04. The molecule has 5 heteroatoms. The van der Waals surface area contributed by atoms with Gasteiger partial charge in [-0.25, -0.2) is 4.98 Å². The van der Waals surface area contributed by atoms with Gasteiger partial charge in [0.05, 0.1) is 17.6 Å². The quantitative estimate of drug-likeness (QED) is 0.920. The number of aromatic nitrogens is 2. The van der Waals surface area contributed by atoms with Crippen molar-refractivity contribution in [1.82, 2.24) is 14.9 Å². The second kappa shape index (κ2) is 6.02. The molecular weight excluding hydrogens is 306 g/mol. The molecule has 0 unspecified atom stereocenters. The first kappa shape index (κ1) is 13.8. The lowest BCUT2D eigenvalue weighted by atomic mass is 10.3. The molecule has 4 nitrogen and oxygen atoms in total. The molecule has 0 saturated carbocycles. The first-order valence-corrected chi connectivity index (χ1v) is 6.89. The Kier molecular flexibility index (Phi) is 4.37. The SMILES string of the molecule is C=C(Br)Cn1c(CCNC(C)=O)nc2ccccc21. The largest absolute Gasteiger partial charge is 0.356 e. The van der Waals surface area contributed by atoms with E-state index in [1.165, 1.54) is 6.92 Å². The average Bonchev–Trinajstić information content (AvgIpc) is 2.67. The number of benzene rings is 1. The minimum absolute atomic E-state index is 0.0208. The zero-order valence-electron chi connectivity index (χ0n) is 10.8. The van der Waals surface area contributed by atoms with Crippen molar-refractivity contribution in [2.75, 3.05) is 6.54 Å². The van der Waals surface area contributed by atoms with Crippen molar-refractivity contribution in [3.05, 3.63) is 41.2 Å². The summed E-state index contributed by atoms with van der Waals surface area (Å²) in [4.78, 5) is 15.5. The number of hydrogen-bond donors (Lipinski definition) is 1. The van der Waals surface area contributed by atoms with E-state index in [1.807, 2.05) is 24.3 Å². The molecule has 100 valence electrons. The van der Waals surface area contributed by atoms with Crippen molar-refractivity contribution in [2.45, 2.75) is 19.9 Å². The molecule has 2 aromatic rings. The van der Waals surface area contributed by atoms with Crippen molar-refractivity contribution >= 4 is 32.9 Å². The highest BCUT2D eigenvalue weighted by molar-refractivity contribution is 9.11. The molecule has 2 rings (SSSR count). The first-order valence-electron chi connectivity index (χ1n) is 6.10. The van der Waals surface area contributed by atoms with E-state index in [2.05, 4.69) is 37.4 Å². The molecule has 1 aromatic carbocycles. The zero-order chi connectivity index (χ0) is 13.8. The number of carbonyl (C=O) groups excluding carboxylic acids is 1. The summed E-state index contributed by atoms with van der Waals surface area (Å²) in [5.74, 6) is 0.933. The molecule has 0 aliphatic heterocycles. The van der Waals surface area contributed by atoms with Crippen LogP contribution in [-0.4, -0.2) is 22.0 Å². The summed E-state index contributed by atoms with van der Waals surface area (Å²) in [6.07, 6.45) is 0.703. The number of amides is 1. The Balaban J connectivity index is 2.29. The summed E-state index contributed by atoms with van der Waals surface area (Å²) in [6, 6.07) is 8.00. The van der Waals surface area contributed by atoms with Crippen molar-refractivity contribution in [3.63, 3.8) is 0 Å². The number of imidazole rings is 1. The molecule has 0 fully saturated rings. The molecule has 19 heavy (non-hydrogen) atoms. The fraction of sp³-hybridized carbons (Fsp3) is 0.286. The Morgan fingerprint density at radius 2 is 2.21 bits per heavy atom. The Bertz CT molecular complexity index is 618. The fourth-order valence-electron chi connectivity index (χ4n) is 2.01. The van der Waals surface area contributed by atoms with E-state index in [0.29, 0.717) is 19.5 Å². The number of rotatable bonds is 5. The zero-order valence-corrected chi connectivity index (χ0v) is 12.4. The van der Waals surface area contributed by atoms with Gasteiger partial charge in [-0.3, -0.25) is 4.79 Å². The fourth-order valence-corrected chi connectivity index (χ4v) is 2.27. The van der Waals surface area contributed by atoms with E-state index in [1.54, 1.807) is 0 Å². The minimum atomic E-state index is -0.0208. The summed E-state index contributed by atoms with van der Waals surface area (Å²) >= 11 is 3.39. The Labute approximate surface area is 120 Å². The number of carbonyl (C=O) groups is 1. The lowest BCUT2D eigenvalue weighted by Crippen LogP contribution is -2.23. The maximum absolute atomic E-state index is 10.9. The number of halogens is 1. The topological polar surface area (TPSA) is 46.9 Å². The standard InChI is InChI=1S/C14H16BrN3O/c1-10(15)9-18-13-6-4-3-5-12(13)17-14(18)7-8-16-11(2)19/h3-6H,1,7-9H2,2H3,(H,16,19). The molecule has 0 aliphatic rings. The van der Waals surface area contributed by atoms with Crippen LogP contribution in [0.1, 0.15) is 12.7 Å². The second-order valence-corrected chi connectivity index (χ2v) is 5.47. The van der Waals surface area contributed by atoms with Crippen LogP contribution >= 0.6 is 15.9 Å². The van der Waals surface area contributed by atoms with E-state index < -0.39 is 0 Å². The number of fused-ring (bicyclic) bond motifs is 1. The molecule has 1 heterocycles. The van der Waals surface area contributed by atoms with Crippen LogP contribution in [0.25, 0.3) is 11.0 Å². The Morgan fingerprint density at radius 3 is 2.89 bits per heavy atom. The number of allylic oxidation sites excluding steroid dienone is 1. The Morgan fingerprint density at radius 1 is 1.47 bits per heavy atom. The molecule has 0 saturated heterocycles. The van der Waals surface area contributed by atoms with Gasteiger partial charge in [-0.15, -0.1) is 0 Å². The van der Waals surface area contributed by atoms with Crippen LogP contribution in [0.5, 0.6) is 0 Å². The molecule has 0 atom stereocenters. The summed E-state index contributed by atoms with van der Waals surface area (Å²) in [7, 11) is 0. The van der Waals surface area contributed by atoms with Gasteiger partial charge in [-0.05, 0) is 12.1 Å². The van der Waals surface area contributed by atoms with Crippen LogP contribution in [0.2, 0.25) is 0 Å². The van der Waals surface area contributed by atoms with Gasteiger partial charge in [-0.1, -0.05) is 34.6 Å². The smallest absolute Gasteiger partial charge is 0.216 e. The molecule has 0 radical (unpaired) electrons. The normalized spacial score (nSPS) is 10.6. The van der Waals surface area contributed by atoms with Crippen LogP contribution < -0.4 is 5.32 Å². The Hall–Kier alpha value is -1.62. The molecule has 0 aliphatic carbocycles. The van der Waals surface area contributed by atoms with Crippen LogP contribution in [-0.2, 0) is 17.8 Å². The van der Waals surface area contributed by atoms with Gasteiger partial charge in [-0.2, -0.15) is 0 Å². The lowest BCUT2D eigenvalue weighted by Gasteiger charge is -2.08. The number of hydrogen-bond acceptors (Lipinski definition) is 2. The number of para-hydroxylation sites is 2. The van der Waals surface area contributed by atoms with Crippen LogP contribution in [0.3, 0.4) is 0 Å². The monoisotopic (exact) mass is 321 g/mol. The lowest BCUT2D eigenvalue weighted by molar-refractivity contribution is -0.118. The van der Waals surface area contributed by atoms with Gasteiger partial charge in [0.25, 0.3) is 0 Å². The van der Waals surface area contributed by atoms with Gasteiger partial charge < -0.3 is 9.88 Å². The maximum atomic E-state index is 10.9. The predicted molar refractivity (Wildman–Crippen MR) is 80.2 cm³/mol. The van der Waals surface area contributed by atoms with Crippen LogP contribution in [0.4, 0.5) is 0 Å². The first-order chi connectivity index (χ1) is 9.08. The van der Waals surface area contributed by atoms with E-state index >= 15 is 0 Å². The highest BCUT2D eigenvalue weighted by Crippen LogP contribution is 2.19. The third-order valence-electron chi connectivity index (χ3n) is 2.79.